The maximum absolute atomic E-state index is 4.28. The van der Waals surface area contributed by atoms with Crippen molar-refractivity contribution >= 4 is 12.1 Å². The molecule has 12 heavy (non-hydrogen) atoms. The first kappa shape index (κ1) is 5.94. The molecule has 58 valence electrons. The van der Waals surface area contributed by atoms with Crippen LogP contribution >= 0.6 is 0 Å². The van der Waals surface area contributed by atoms with Crippen molar-refractivity contribution in [2.45, 2.75) is 6.04 Å². The van der Waals surface area contributed by atoms with E-state index in [0.717, 1.165) is 11.4 Å². The standard InChI is InChI=1S/C9H7N3/c1-2-7-9-8(3-1)11-6-12(9)5-4-10-7/h1-6,9H. The molecule has 1 unspecified atom stereocenters. The van der Waals surface area contributed by atoms with Crippen LogP contribution in [0.4, 0.5) is 0 Å². The molecule has 1 atom stereocenters. The van der Waals surface area contributed by atoms with Crippen molar-refractivity contribution in [2.24, 2.45) is 9.98 Å². The van der Waals surface area contributed by atoms with Crippen LogP contribution in [-0.4, -0.2) is 23.0 Å². The van der Waals surface area contributed by atoms with E-state index in [-0.39, 0.29) is 6.04 Å². The molecule has 2 aliphatic heterocycles. The Morgan fingerprint density at radius 2 is 2.42 bits per heavy atom. The van der Waals surface area contributed by atoms with Crippen LogP contribution in [0.1, 0.15) is 0 Å². The molecule has 3 nitrogen and oxygen atoms in total. The Morgan fingerprint density at radius 1 is 1.42 bits per heavy atom. The predicted molar refractivity (Wildman–Crippen MR) is 47.9 cm³/mol. The van der Waals surface area contributed by atoms with Crippen molar-refractivity contribution in [3.05, 3.63) is 36.3 Å². The van der Waals surface area contributed by atoms with Gasteiger partial charge in [0.15, 0.2) is 0 Å². The van der Waals surface area contributed by atoms with Crippen molar-refractivity contribution in [3.8, 4) is 0 Å². The smallest absolute Gasteiger partial charge is 0.119 e. The molecule has 0 spiro atoms. The van der Waals surface area contributed by atoms with E-state index in [1.807, 2.05) is 30.8 Å². The van der Waals surface area contributed by atoms with Gasteiger partial charge in [-0.25, -0.2) is 4.99 Å². The lowest BCUT2D eigenvalue weighted by atomic mass is 10.0. The second-order valence-corrected chi connectivity index (χ2v) is 2.90. The molecule has 0 aromatic carbocycles. The van der Waals surface area contributed by atoms with Gasteiger partial charge in [-0.1, -0.05) is 6.08 Å². The summed E-state index contributed by atoms with van der Waals surface area (Å²) in [7, 11) is 0. The average molecular weight is 157 g/mol. The monoisotopic (exact) mass is 157 g/mol. The molecule has 0 N–H and O–H groups in total. The fraction of sp³-hybridized carbons (Fsp3) is 0.111. The van der Waals surface area contributed by atoms with Gasteiger partial charge in [0.05, 0.1) is 17.7 Å². The molecule has 0 amide bonds. The Kier molecular flexibility index (Phi) is 0.961. The highest BCUT2D eigenvalue weighted by atomic mass is 15.3. The Balaban J connectivity index is 2.20. The van der Waals surface area contributed by atoms with Crippen molar-refractivity contribution in [2.75, 3.05) is 0 Å². The number of hydrogen-bond acceptors (Lipinski definition) is 3. The van der Waals surface area contributed by atoms with Gasteiger partial charge in [-0.15, -0.1) is 0 Å². The number of aliphatic imine (C=N–C) groups is 2. The van der Waals surface area contributed by atoms with Crippen LogP contribution in [0.5, 0.6) is 0 Å². The molecule has 0 fully saturated rings. The first-order valence-corrected chi connectivity index (χ1v) is 3.89. The molecule has 0 aromatic rings. The lowest BCUT2D eigenvalue weighted by molar-refractivity contribution is 0.572. The molecule has 0 aromatic heterocycles. The third-order valence-corrected chi connectivity index (χ3v) is 2.19. The first-order chi connectivity index (χ1) is 5.95. The van der Waals surface area contributed by atoms with E-state index >= 15 is 0 Å². The van der Waals surface area contributed by atoms with Crippen molar-refractivity contribution in [1.82, 2.24) is 4.90 Å². The summed E-state index contributed by atoms with van der Waals surface area (Å²) in [5.74, 6) is 0. The van der Waals surface area contributed by atoms with E-state index < -0.39 is 0 Å². The van der Waals surface area contributed by atoms with Gasteiger partial charge in [0, 0.05) is 12.4 Å². The lowest BCUT2D eigenvalue weighted by Gasteiger charge is -2.25. The van der Waals surface area contributed by atoms with E-state index in [0.29, 0.717) is 0 Å². The highest BCUT2D eigenvalue weighted by Crippen LogP contribution is 2.25. The van der Waals surface area contributed by atoms with Crippen LogP contribution in [0.15, 0.2) is 46.3 Å². The van der Waals surface area contributed by atoms with Crippen LogP contribution < -0.4 is 0 Å². The molecule has 0 bridgehead atoms. The largest absolute Gasteiger partial charge is 0.323 e. The minimum Gasteiger partial charge on any atom is -0.323 e. The maximum Gasteiger partial charge on any atom is 0.119 e. The minimum atomic E-state index is 0.250. The third-order valence-electron chi connectivity index (χ3n) is 2.19. The van der Waals surface area contributed by atoms with E-state index in [1.165, 1.54) is 0 Å². The summed E-state index contributed by atoms with van der Waals surface area (Å²) in [5, 5.41) is 0. The molecule has 1 aliphatic carbocycles. The second kappa shape index (κ2) is 1.94. The third kappa shape index (κ3) is 0.605. The number of nitrogens with zero attached hydrogens (tertiary/aromatic N) is 3. The summed E-state index contributed by atoms with van der Waals surface area (Å²) >= 11 is 0. The minimum absolute atomic E-state index is 0.250. The van der Waals surface area contributed by atoms with Gasteiger partial charge in [0.25, 0.3) is 0 Å². The normalized spacial score (nSPS) is 28.7. The Labute approximate surface area is 70.1 Å². The van der Waals surface area contributed by atoms with E-state index in [1.54, 1.807) is 6.20 Å². The summed E-state index contributed by atoms with van der Waals surface area (Å²) in [5.41, 5.74) is 2.16. The molecule has 3 rings (SSSR count). The summed E-state index contributed by atoms with van der Waals surface area (Å²) < 4.78 is 0. The van der Waals surface area contributed by atoms with E-state index in [9.17, 15) is 0 Å². The molecule has 2 heterocycles. The SMILES string of the molecule is C1=CC2=NC=CN3C=NC(=C1)C23. The molecule has 3 heteroatoms. The molecule has 0 saturated heterocycles. The zero-order valence-corrected chi connectivity index (χ0v) is 6.38. The topological polar surface area (TPSA) is 28.0 Å². The van der Waals surface area contributed by atoms with Crippen molar-refractivity contribution < 1.29 is 0 Å². The second-order valence-electron chi connectivity index (χ2n) is 2.90. The van der Waals surface area contributed by atoms with Crippen LogP contribution in [0, 0.1) is 0 Å². The highest BCUT2D eigenvalue weighted by Gasteiger charge is 2.30. The summed E-state index contributed by atoms with van der Waals surface area (Å²) in [4.78, 5) is 10.6. The Hall–Kier alpha value is -1.64. The van der Waals surface area contributed by atoms with Gasteiger partial charge >= 0.3 is 0 Å². The van der Waals surface area contributed by atoms with Crippen LogP contribution in [0.2, 0.25) is 0 Å². The van der Waals surface area contributed by atoms with Gasteiger partial charge in [0.2, 0.25) is 0 Å². The van der Waals surface area contributed by atoms with Crippen LogP contribution in [0.25, 0.3) is 0 Å². The van der Waals surface area contributed by atoms with Crippen molar-refractivity contribution in [1.29, 1.82) is 0 Å². The molecule has 0 radical (unpaired) electrons. The summed E-state index contributed by atoms with van der Waals surface area (Å²) in [6.45, 7) is 0. The zero-order valence-electron chi connectivity index (χ0n) is 6.38. The van der Waals surface area contributed by atoms with Gasteiger partial charge in [0.1, 0.15) is 6.04 Å². The van der Waals surface area contributed by atoms with Gasteiger partial charge < -0.3 is 4.90 Å². The highest BCUT2D eigenvalue weighted by molar-refractivity contribution is 6.06. The van der Waals surface area contributed by atoms with Gasteiger partial charge in [-0.2, -0.15) is 0 Å². The maximum atomic E-state index is 4.28. The molecular formula is C9H7N3. The van der Waals surface area contributed by atoms with Crippen LogP contribution in [0.3, 0.4) is 0 Å². The predicted octanol–water partition coefficient (Wildman–Crippen LogP) is 1.08. The summed E-state index contributed by atoms with van der Waals surface area (Å²) in [6, 6.07) is 0.250. The molecular weight excluding hydrogens is 150 g/mol. The van der Waals surface area contributed by atoms with Gasteiger partial charge in [-0.05, 0) is 12.2 Å². The average Bonchev–Trinajstić information content (AvgIpc) is 2.52. The fourth-order valence-electron chi connectivity index (χ4n) is 1.63. The van der Waals surface area contributed by atoms with Crippen molar-refractivity contribution in [3.63, 3.8) is 0 Å². The van der Waals surface area contributed by atoms with E-state index in [2.05, 4.69) is 14.9 Å². The molecule has 3 aliphatic rings. The van der Waals surface area contributed by atoms with E-state index in [4.69, 9.17) is 0 Å². The first-order valence-electron chi connectivity index (χ1n) is 3.89. The number of hydrogen-bond donors (Lipinski definition) is 0. The zero-order chi connectivity index (χ0) is 7.97. The summed E-state index contributed by atoms with van der Waals surface area (Å²) in [6.07, 6.45) is 11.6. The number of allylic oxidation sites excluding steroid dienone is 2. The molecule has 0 saturated carbocycles. The Bertz CT molecular complexity index is 369. The van der Waals surface area contributed by atoms with Gasteiger partial charge in [-0.3, -0.25) is 4.99 Å². The van der Waals surface area contributed by atoms with Crippen LogP contribution in [-0.2, 0) is 0 Å². The quantitative estimate of drug-likeness (QED) is 0.517. The lowest BCUT2D eigenvalue weighted by Crippen LogP contribution is -2.35. The fourth-order valence-corrected chi connectivity index (χ4v) is 1.63. The number of rotatable bonds is 0. The Morgan fingerprint density at radius 3 is 3.42 bits per heavy atom.